The molecule has 0 aliphatic carbocycles. The summed E-state index contributed by atoms with van der Waals surface area (Å²) in [6.07, 6.45) is 0. The van der Waals surface area contributed by atoms with Gasteiger partial charge in [0.1, 0.15) is 6.54 Å². The Bertz CT molecular complexity index is 531. The average Bonchev–Trinajstić information content (AvgIpc) is 2.64. The zero-order valence-corrected chi connectivity index (χ0v) is 11.8. The predicted octanol–water partition coefficient (Wildman–Crippen LogP) is 1.44. The van der Waals surface area contributed by atoms with Crippen LogP contribution in [0.1, 0.15) is 41.5 Å². The molecule has 0 radical (unpaired) electrons. The summed E-state index contributed by atoms with van der Waals surface area (Å²) in [4.78, 5) is 37.1. The number of rotatable bonds is 4. The second-order valence-corrected chi connectivity index (χ2v) is 5.34. The van der Waals surface area contributed by atoms with E-state index in [1.165, 1.54) is 0 Å². The minimum absolute atomic E-state index is 0.00215. The maximum atomic E-state index is 12.1. The third-order valence-electron chi connectivity index (χ3n) is 3.57. The van der Waals surface area contributed by atoms with E-state index in [0.29, 0.717) is 17.0 Å². The van der Waals surface area contributed by atoms with E-state index in [2.05, 4.69) is 5.32 Å². The van der Waals surface area contributed by atoms with E-state index in [9.17, 15) is 14.4 Å². The van der Waals surface area contributed by atoms with Crippen molar-refractivity contribution >= 4 is 17.7 Å². The molecule has 0 bridgehead atoms. The Hall–Kier alpha value is -2.17. The summed E-state index contributed by atoms with van der Waals surface area (Å²) < 4.78 is 0. The largest absolute Gasteiger partial charge is 0.352 e. The van der Waals surface area contributed by atoms with Crippen LogP contribution in [0.25, 0.3) is 0 Å². The molecule has 1 N–H and O–H groups in total. The van der Waals surface area contributed by atoms with Gasteiger partial charge in [0, 0.05) is 6.04 Å². The maximum absolute atomic E-state index is 12.1. The summed E-state index contributed by atoms with van der Waals surface area (Å²) in [5, 5.41) is 2.79. The summed E-state index contributed by atoms with van der Waals surface area (Å²) in [6, 6.07) is 6.61. The van der Waals surface area contributed by atoms with E-state index in [0.717, 1.165) is 4.90 Å². The van der Waals surface area contributed by atoms with Crippen molar-refractivity contribution in [1.82, 2.24) is 10.2 Å². The fourth-order valence-electron chi connectivity index (χ4n) is 1.99. The number of imide groups is 1. The minimum Gasteiger partial charge on any atom is -0.352 e. The molecule has 0 spiro atoms. The Labute approximate surface area is 118 Å². The molecule has 1 atom stereocenters. The van der Waals surface area contributed by atoms with Gasteiger partial charge in [-0.15, -0.1) is 0 Å². The summed E-state index contributed by atoms with van der Waals surface area (Å²) >= 11 is 0. The van der Waals surface area contributed by atoms with Crippen molar-refractivity contribution in [1.29, 1.82) is 0 Å². The number of nitrogens with zero attached hydrogens (tertiary/aromatic N) is 1. The molecule has 1 aliphatic rings. The van der Waals surface area contributed by atoms with Crippen molar-refractivity contribution in [2.45, 2.75) is 26.8 Å². The first-order chi connectivity index (χ1) is 9.41. The van der Waals surface area contributed by atoms with Crippen LogP contribution in [0.15, 0.2) is 24.3 Å². The number of benzene rings is 1. The smallest absolute Gasteiger partial charge is 0.262 e. The molecule has 0 aromatic heterocycles. The molecule has 1 aromatic rings. The molecule has 3 amide bonds. The molecule has 1 aromatic carbocycles. The predicted molar refractivity (Wildman–Crippen MR) is 74.3 cm³/mol. The van der Waals surface area contributed by atoms with Crippen molar-refractivity contribution in [3.8, 4) is 0 Å². The lowest BCUT2D eigenvalue weighted by molar-refractivity contribution is -0.122. The third-order valence-corrected chi connectivity index (χ3v) is 3.57. The SMILES string of the molecule is CC(C)[C@H](C)NC(=O)CN1C(=O)c2ccccc2C1=O. The first-order valence-electron chi connectivity index (χ1n) is 6.66. The highest BCUT2D eigenvalue weighted by molar-refractivity contribution is 6.22. The Kier molecular flexibility index (Phi) is 3.88. The number of carbonyl (C=O) groups excluding carboxylic acids is 3. The van der Waals surface area contributed by atoms with Crippen molar-refractivity contribution in [2.75, 3.05) is 6.54 Å². The quantitative estimate of drug-likeness (QED) is 0.845. The molecule has 5 heteroatoms. The van der Waals surface area contributed by atoms with Gasteiger partial charge in [0.05, 0.1) is 11.1 Å². The zero-order chi connectivity index (χ0) is 14.9. The van der Waals surface area contributed by atoms with Crippen LogP contribution >= 0.6 is 0 Å². The second-order valence-electron chi connectivity index (χ2n) is 5.34. The van der Waals surface area contributed by atoms with Gasteiger partial charge in [0.15, 0.2) is 0 Å². The summed E-state index contributed by atoms with van der Waals surface area (Å²) in [5.41, 5.74) is 0.726. The second kappa shape index (κ2) is 5.45. The summed E-state index contributed by atoms with van der Waals surface area (Å²) in [5.74, 6) is -0.835. The fourth-order valence-corrected chi connectivity index (χ4v) is 1.99. The molecule has 0 saturated carbocycles. The molecule has 2 rings (SSSR count). The van der Waals surface area contributed by atoms with Gasteiger partial charge >= 0.3 is 0 Å². The zero-order valence-electron chi connectivity index (χ0n) is 11.8. The average molecular weight is 274 g/mol. The summed E-state index contributed by atoms with van der Waals surface area (Å²) in [6.45, 7) is 5.65. The van der Waals surface area contributed by atoms with Crippen LogP contribution in [0.5, 0.6) is 0 Å². The van der Waals surface area contributed by atoms with Gasteiger partial charge in [-0.2, -0.15) is 0 Å². The van der Waals surface area contributed by atoms with Crippen molar-refractivity contribution < 1.29 is 14.4 Å². The topological polar surface area (TPSA) is 66.5 Å². The van der Waals surface area contributed by atoms with E-state index >= 15 is 0 Å². The highest BCUT2D eigenvalue weighted by atomic mass is 16.2. The molecule has 0 unspecified atom stereocenters. The van der Waals surface area contributed by atoms with Gasteiger partial charge in [-0.3, -0.25) is 19.3 Å². The van der Waals surface area contributed by atoms with E-state index < -0.39 is 11.8 Å². The van der Waals surface area contributed by atoms with Gasteiger partial charge in [-0.05, 0) is 25.0 Å². The number of carbonyl (C=O) groups is 3. The lowest BCUT2D eigenvalue weighted by atomic mass is 10.1. The van der Waals surface area contributed by atoms with E-state index in [4.69, 9.17) is 0 Å². The van der Waals surface area contributed by atoms with Crippen LogP contribution in [0.4, 0.5) is 0 Å². The van der Waals surface area contributed by atoms with Crippen LogP contribution in [0.2, 0.25) is 0 Å². The molecule has 20 heavy (non-hydrogen) atoms. The molecule has 106 valence electrons. The molecular formula is C15H18N2O3. The van der Waals surface area contributed by atoms with Crippen LogP contribution in [0.3, 0.4) is 0 Å². The molecule has 5 nitrogen and oxygen atoms in total. The number of fused-ring (bicyclic) bond motifs is 1. The highest BCUT2D eigenvalue weighted by Gasteiger charge is 2.36. The maximum Gasteiger partial charge on any atom is 0.262 e. The monoisotopic (exact) mass is 274 g/mol. The molecule has 0 fully saturated rings. The normalized spacial score (nSPS) is 15.5. The van der Waals surface area contributed by atoms with Crippen LogP contribution in [0, 0.1) is 5.92 Å². The van der Waals surface area contributed by atoms with E-state index in [-0.39, 0.29) is 18.5 Å². The number of hydrogen-bond acceptors (Lipinski definition) is 3. The minimum atomic E-state index is -0.405. The standard InChI is InChI=1S/C15H18N2O3/c1-9(2)10(3)16-13(18)8-17-14(19)11-6-4-5-7-12(11)15(17)20/h4-7,9-10H,8H2,1-3H3,(H,16,18)/t10-/m0/s1. The van der Waals surface area contributed by atoms with Gasteiger partial charge < -0.3 is 5.32 Å². The lowest BCUT2D eigenvalue weighted by Gasteiger charge is -2.19. The third kappa shape index (κ3) is 2.57. The molecular weight excluding hydrogens is 256 g/mol. The van der Waals surface area contributed by atoms with Crippen molar-refractivity contribution in [3.05, 3.63) is 35.4 Å². The van der Waals surface area contributed by atoms with Gasteiger partial charge in [0.25, 0.3) is 11.8 Å². The Morgan fingerprint density at radius 3 is 2.05 bits per heavy atom. The summed E-state index contributed by atoms with van der Waals surface area (Å²) in [7, 11) is 0. The fraction of sp³-hybridized carbons (Fsp3) is 0.400. The van der Waals surface area contributed by atoms with Gasteiger partial charge in [-0.25, -0.2) is 0 Å². The Morgan fingerprint density at radius 1 is 1.10 bits per heavy atom. The number of hydrogen-bond donors (Lipinski definition) is 1. The Balaban J connectivity index is 2.07. The van der Waals surface area contributed by atoms with Crippen molar-refractivity contribution in [3.63, 3.8) is 0 Å². The lowest BCUT2D eigenvalue weighted by Crippen LogP contribution is -2.44. The van der Waals surface area contributed by atoms with Crippen LogP contribution in [-0.4, -0.2) is 35.2 Å². The molecule has 1 heterocycles. The van der Waals surface area contributed by atoms with Gasteiger partial charge in [-0.1, -0.05) is 26.0 Å². The Morgan fingerprint density at radius 2 is 1.60 bits per heavy atom. The molecule has 1 aliphatic heterocycles. The van der Waals surface area contributed by atoms with Crippen molar-refractivity contribution in [2.24, 2.45) is 5.92 Å². The van der Waals surface area contributed by atoms with E-state index in [1.807, 2.05) is 20.8 Å². The van der Waals surface area contributed by atoms with Gasteiger partial charge in [0.2, 0.25) is 5.91 Å². The first kappa shape index (κ1) is 14.2. The van der Waals surface area contributed by atoms with Crippen LogP contribution < -0.4 is 5.32 Å². The number of nitrogens with one attached hydrogen (secondary N) is 1. The first-order valence-corrected chi connectivity index (χ1v) is 6.66. The highest BCUT2D eigenvalue weighted by Crippen LogP contribution is 2.21. The van der Waals surface area contributed by atoms with Crippen LogP contribution in [-0.2, 0) is 4.79 Å². The number of amides is 3. The van der Waals surface area contributed by atoms with E-state index in [1.54, 1.807) is 24.3 Å². The molecule has 0 saturated heterocycles.